The van der Waals surface area contributed by atoms with Gasteiger partial charge in [0.2, 0.25) is 0 Å². The molecule has 0 radical (unpaired) electrons. The summed E-state index contributed by atoms with van der Waals surface area (Å²) >= 11 is 5.96. The Morgan fingerprint density at radius 3 is 2.94 bits per heavy atom. The van der Waals surface area contributed by atoms with Crippen molar-refractivity contribution in [3.05, 3.63) is 28.6 Å². The molecule has 3 nitrogen and oxygen atoms in total. The number of aromatic nitrogens is 1. The molecule has 1 atom stereocenters. The van der Waals surface area contributed by atoms with Gasteiger partial charge in [0, 0.05) is 11.4 Å². The first-order valence-corrected chi connectivity index (χ1v) is 5.73. The Labute approximate surface area is 99.6 Å². The molecule has 1 aromatic heterocycles. The Bertz CT molecular complexity index is 507. The van der Waals surface area contributed by atoms with Crippen LogP contribution < -0.4 is 5.73 Å². The minimum atomic E-state index is 0.379. The second-order valence-electron chi connectivity index (χ2n) is 4.22. The molecule has 0 fully saturated rings. The Hall–Kier alpha value is -1.06. The highest BCUT2D eigenvalue weighted by Gasteiger charge is 2.11. The normalized spacial score (nSPS) is 13.2. The predicted octanol–water partition coefficient (Wildman–Crippen LogP) is 2.93. The topological polar surface area (TPSA) is 52.0 Å². The molecule has 0 aliphatic heterocycles. The van der Waals surface area contributed by atoms with E-state index in [0.29, 0.717) is 17.5 Å². The van der Waals surface area contributed by atoms with Crippen LogP contribution in [0.2, 0.25) is 5.02 Å². The number of hydrogen-bond acceptors (Lipinski definition) is 3. The Morgan fingerprint density at radius 1 is 1.50 bits per heavy atom. The van der Waals surface area contributed by atoms with Crippen LogP contribution >= 0.6 is 11.6 Å². The van der Waals surface area contributed by atoms with E-state index in [2.05, 4.69) is 11.9 Å². The molecular weight excluding hydrogens is 224 g/mol. The number of nitrogens with two attached hydrogens (primary N) is 1. The maximum Gasteiger partial charge on any atom is 0.195 e. The minimum absolute atomic E-state index is 0.379. The summed E-state index contributed by atoms with van der Waals surface area (Å²) in [5, 5.41) is 0.691. The van der Waals surface area contributed by atoms with Crippen molar-refractivity contribution >= 4 is 22.7 Å². The third kappa shape index (κ3) is 2.20. The van der Waals surface area contributed by atoms with Gasteiger partial charge in [-0.25, -0.2) is 4.98 Å². The summed E-state index contributed by atoms with van der Waals surface area (Å²) in [6.45, 7) is 4.68. The molecular formula is C12H15ClN2O. The number of oxazole rings is 1. The second kappa shape index (κ2) is 4.44. The molecule has 0 bridgehead atoms. The Morgan fingerprint density at radius 2 is 2.25 bits per heavy atom. The van der Waals surface area contributed by atoms with Crippen molar-refractivity contribution in [3.63, 3.8) is 0 Å². The zero-order chi connectivity index (χ0) is 11.7. The number of hydrogen-bond donors (Lipinski definition) is 1. The van der Waals surface area contributed by atoms with E-state index in [9.17, 15) is 0 Å². The molecule has 16 heavy (non-hydrogen) atoms. The molecule has 2 aromatic rings. The van der Waals surface area contributed by atoms with Crippen molar-refractivity contribution in [1.29, 1.82) is 0 Å². The summed E-state index contributed by atoms with van der Waals surface area (Å²) in [7, 11) is 0. The van der Waals surface area contributed by atoms with Crippen LogP contribution in [-0.4, -0.2) is 11.5 Å². The largest absolute Gasteiger partial charge is 0.440 e. The van der Waals surface area contributed by atoms with Gasteiger partial charge >= 0.3 is 0 Å². The molecule has 86 valence electrons. The lowest BCUT2D eigenvalue weighted by Crippen LogP contribution is -2.13. The summed E-state index contributed by atoms with van der Waals surface area (Å²) in [5.41, 5.74) is 8.24. The molecule has 0 saturated heterocycles. The molecule has 1 aromatic carbocycles. The molecule has 0 amide bonds. The van der Waals surface area contributed by atoms with E-state index in [0.717, 1.165) is 29.0 Å². The summed E-state index contributed by atoms with van der Waals surface area (Å²) in [6, 6.07) is 3.70. The fraction of sp³-hybridized carbons (Fsp3) is 0.417. The lowest BCUT2D eigenvalue weighted by molar-refractivity contribution is 0.467. The fourth-order valence-electron chi connectivity index (χ4n) is 1.67. The molecule has 4 heteroatoms. The van der Waals surface area contributed by atoms with Crippen LogP contribution in [-0.2, 0) is 6.42 Å². The van der Waals surface area contributed by atoms with E-state index in [4.69, 9.17) is 21.8 Å². The van der Waals surface area contributed by atoms with Gasteiger partial charge in [-0.15, -0.1) is 0 Å². The smallest absolute Gasteiger partial charge is 0.195 e. The van der Waals surface area contributed by atoms with Crippen LogP contribution in [0.5, 0.6) is 0 Å². The maximum absolute atomic E-state index is 5.96. The summed E-state index contributed by atoms with van der Waals surface area (Å²) in [6.07, 6.45) is 0.766. The first kappa shape index (κ1) is 11.4. The van der Waals surface area contributed by atoms with Crippen molar-refractivity contribution in [2.75, 3.05) is 6.54 Å². The van der Waals surface area contributed by atoms with Crippen LogP contribution in [0.15, 0.2) is 16.5 Å². The summed E-state index contributed by atoms with van der Waals surface area (Å²) in [4.78, 5) is 4.42. The zero-order valence-corrected chi connectivity index (χ0v) is 10.2. The standard InChI is InChI=1S/C12H15ClN2O/c1-7(6-14)3-11-15-10-5-9(13)4-8(2)12(10)16-11/h4-5,7H,3,6,14H2,1-2H3. The van der Waals surface area contributed by atoms with Gasteiger partial charge in [-0.2, -0.15) is 0 Å². The predicted molar refractivity (Wildman–Crippen MR) is 65.7 cm³/mol. The van der Waals surface area contributed by atoms with Gasteiger partial charge in [0.25, 0.3) is 0 Å². The molecule has 2 N–H and O–H groups in total. The molecule has 0 spiro atoms. The fourth-order valence-corrected chi connectivity index (χ4v) is 1.94. The number of halogens is 1. The summed E-state index contributed by atoms with van der Waals surface area (Å²) < 4.78 is 5.70. The van der Waals surface area contributed by atoms with Crippen molar-refractivity contribution in [2.45, 2.75) is 20.3 Å². The van der Waals surface area contributed by atoms with Crippen LogP contribution in [0.1, 0.15) is 18.4 Å². The van der Waals surface area contributed by atoms with Gasteiger partial charge in [0.15, 0.2) is 11.5 Å². The Balaban J connectivity index is 2.40. The monoisotopic (exact) mass is 238 g/mol. The van der Waals surface area contributed by atoms with Crippen LogP contribution in [0, 0.1) is 12.8 Å². The quantitative estimate of drug-likeness (QED) is 0.895. The number of nitrogens with zero attached hydrogens (tertiary/aromatic N) is 1. The molecule has 1 unspecified atom stereocenters. The molecule has 1 heterocycles. The third-order valence-electron chi connectivity index (χ3n) is 2.61. The maximum atomic E-state index is 5.96. The molecule has 2 rings (SSSR count). The molecule has 0 aliphatic rings. The first-order chi connectivity index (χ1) is 7.60. The highest BCUT2D eigenvalue weighted by Crippen LogP contribution is 2.24. The average Bonchev–Trinajstić information content (AvgIpc) is 2.60. The van der Waals surface area contributed by atoms with E-state index < -0.39 is 0 Å². The van der Waals surface area contributed by atoms with Gasteiger partial charge in [-0.1, -0.05) is 18.5 Å². The van der Waals surface area contributed by atoms with Gasteiger partial charge in [0.1, 0.15) is 5.52 Å². The highest BCUT2D eigenvalue weighted by atomic mass is 35.5. The number of fused-ring (bicyclic) bond motifs is 1. The van der Waals surface area contributed by atoms with Crippen molar-refractivity contribution < 1.29 is 4.42 Å². The van der Waals surface area contributed by atoms with E-state index >= 15 is 0 Å². The average molecular weight is 239 g/mol. The zero-order valence-electron chi connectivity index (χ0n) is 9.46. The first-order valence-electron chi connectivity index (χ1n) is 5.35. The second-order valence-corrected chi connectivity index (χ2v) is 4.66. The number of aryl methyl sites for hydroxylation is 1. The van der Waals surface area contributed by atoms with E-state index in [-0.39, 0.29) is 0 Å². The molecule has 0 saturated carbocycles. The van der Waals surface area contributed by atoms with Gasteiger partial charge < -0.3 is 10.2 Å². The minimum Gasteiger partial charge on any atom is -0.440 e. The van der Waals surface area contributed by atoms with E-state index in [1.807, 2.05) is 19.1 Å². The van der Waals surface area contributed by atoms with Crippen LogP contribution in [0.3, 0.4) is 0 Å². The lowest BCUT2D eigenvalue weighted by atomic mass is 10.1. The van der Waals surface area contributed by atoms with Gasteiger partial charge in [0.05, 0.1) is 0 Å². The van der Waals surface area contributed by atoms with Crippen LogP contribution in [0.25, 0.3) is 11.1 Å². The SMILES string of the molecule is Cc1cc(Cl)cc2nc(CC(C)CN)oc12. The molecule has 0 aliphatic carbocycles. The highest BCUT2D eigenvalue weighted by molar-refractivity contribution is 6.31. The van der Waals surface area contributed by atoms with Crippen molar-refractivity contribution in [2.24, 2.45) is 11.7 Å². The van der Waals surface area contributed by atoms with Crippen molar-refractivity contribution in [3.8, 4) is 0 Å². The van der Waals surface area contributed by atoms with E-state index in [1.165, 1.54) is 0 Å². The third-order valence-corrected chi connectivity index (χ3v) is 2.83. The van der Waals surface area contributed by atoms with Crippen LogP contribution in [0.4, 0.5) is 0 Å². The Kier molecular flexibility index (Phi) is 3.17. The number of rotatable bonds is 3. The van der Waals surface area contributed by atoms with E-state index in [1.54, 1.807) is 0 Å². The summed E-state index contributed by atoms with van der Waals surface area (Å²) in [5.74, 6) is 1.11. The lowest BCUT2D eigenvalue weighted by Gasteiger charge is -2.02. The van der Waals surface area contributed by atoms with Crippen molar-refractivity contribution in [1.82, 2.24) is 4.98 Å². The number of benzene rings is 1. The van der Waals surface area contributed by atoms with Gasteiger partial charge in [-0.3, -0.25) is 0 Å². The van der Waals surface area contributed by atoms with Gasteiger partial charge in [-0.05, 0) is 37.1 Å².